The van der Waals surface area contributed by atoms with Crippen molar-refractivity contribution in [3.05, 3.63) is 47.5 Å². The van der Waals surface area contributed by atoms with E-state index in [9.17, 15) is 0 Å². The Morgan fingerprint density at radius 1 is 1.21 bits per heavy atom. The van der Waals surface area contributed by atoms with Gasteiger partial charge in [0.05, 0.1) is 5.69 Å². The number of ether oxygens (including phenoxy) is 1. The predicted octanol–water partition coefficient (Wildman–Crippen LogP) is 2.50. The van der Waals surface area contributed by atoms with Crippen molar-refractivity contribution < 1.29 is 4.74 Å². The Labute approximate surface area is 114 Å². The molecule has 0 aliphatic rings. The number of nitrogens with zero attached hydrogens (tertiary/aromatic N) is 2. The van der Waals surface area contributed by atoms with Gasteiger partial charge < -0.3 is 15.0 Å². The summed E-state index contributed by atoms with van der Waals surface area (Å²) in [6, 6.07) is 8.18. The quantitative estimate of drug-likeness (QED) is 0.867. The molecule has 2 aromatic rings. The number of aryl methyl sites for hydroxylation is 1. The predicted molar refractivity (Wildman–Crippen MR) is 75.9 cm³/mol. The zero-order chi connectivity index (χ0) is 13.7. The van der Waals surface area contributed by atoms with Crippen molar-refractivity contribution in [1.29, 1.82) is 0 Å². The minimum Gasteiger partial charge on any atom is -0.486 e. The number of aromatic nitrogens is 2. The molecule has 1 aromatic heterocycles. The van der Waals surface area contributed by atoms with E-state index < -0.39 is 0 Å². The van der Waals surface area contributed by atoms with E-state index in [0.29, 0.717) is 13.2 Å². The molecule has 0 fully saturated rings. The van der Waals surface area contributed by atoms with E-state index >= 15 is 0 Å². The normalized spacial score (nSPS) is 10.7. The monoisotopic (exact) mass is 259 g/mol. The first-order valence-corrected chi connectivity index (χ1v) is 6.73. The Bertz CT molecular complexity index is 517. The third-order valence-corrected chi connectivity index (χ3v) is 3.25. The Balaban J connectivity index is 2.03. The van der Waals surface area contributed by atoms with Crippen LogP contribution in [-0.4, -0.2) is 9.55 Å². The zero-order valence-corrected chi connectivity index (χ0v) is 11.6. The molecule has 0 aliphatic carbocycles. The molecule has 2 N–H and O–H groups in total. The Kier molecular flexibility index (Phi) is 4.58. The Hall–Kier alpha value is -1.81. The highest BCUT2D eigenvalue weighted by molar-refractivity contribution is 5.27. The van der Waals surface area contributed by atoms with E-state index in [2.05, 4.69) is 35.5 Å². The highest BCUT2D eigenvalue weighted by atomic mass is 16.5. The van der Waals surface area contributed by atoms with Gasteiger partial charge >= 0.3 is 0 Å². The maximum atomic E-state index is 5.77. The van der Waals surface area contributed by atoms with E-state index in [4.69, 9.17) is 10.5 Å². The van der Waals surface area contributed by atoms with Gasteiger partial charge in [-0.15, -0.1) is 0 Å². The van der Waals surface area contributed by atoms with Crippen molar-refractivity contribution in [2.75, 3.05) is 0 Å². The van der Waals surface area contributed by atoms with Crippen LogP contribution in [-0.2, 0) is 26.1 Å². The summed E-state index contributed by atoms with van der Waals surface area (Å²) < 4.78 is 7.87. The van der Waals surface area contributed by atoms with E-state index in [-0.39, 0.29) is 0 Å². The maximum Gasteiger partial charge on any atom is 0.147 e. The molecule has 1 heterocycles. The maximum absolute atomic E-state index is 5.77. The number of rotatable bonds is 6. The molecule has 0 aliphatic heterocycles. The van der Waals surface area contributed by atoms with E-state index in [1.807, 2.05) is 18.3 Å². The van der Waals surface area contributed by atoms with Crippen LogP contribution in [0.3, 0.4) is 0 Å². The van der Waals surface area contributed by atoms with Crippen molar-refractivity contribution in [2.45, 2.75) is 40.0 Å². The summed E-state index contributed by atoms with van der Waals surface area (Å²) in [5, 5.41) is 0. The van der Waals surface area contributed by atoms with Gasteiger partial charge in [0.2, 0.25) is 0 Å². The van der Waals surface area contributed by atoms with Crippen LogP contribution in [0, 0.1) is 0 Å². The second kappa shape index (κ2) is 6.38. The van der Waals surface area contributed by atoms with Crippen LogP contribution in [0.2, 0.25) is 0 Å². The van der Waals surface area contributed by atoms with Gasteiger partial charge in [0, 0.05) is 19.3 Å². The molecule has 0 unspecified atom stereocenters. The molecular formula is C15H21N3O. The molecule has 0 saturated heterocycles. The zero-order valence-electron chi connectivity index (χ0n) is 11.6. The SMILES string of the molecule is CCc1ccc(OCc2ncc(CN)n2CC)cc1. The number of hydrogen-bond donors (Lipinski definition) is 1. The standard InChI is InChI=1S/C15H21N3O/c1-3-12-5-7-14(8-6-12)19-11-15-17-10-13(9-16)18(15)4-2/h5-8,10H,3-4,9,11,16H2,1-2H3. The third-order valence-electron chi connectivity index (χ3n) is 3.25. The van der Waals surface area contributed by atoms with Crippen LogP contribution in [0.1, 0.15) is 30.9 Å². The Morgan fingerprint density at radius 3 is 2.53 bits per heavy atom. The van der Waals surface area contributed by atoms with Crippen LogP contribution in [0.4, 0.5) is 0 Å². The summed E-state index contributed by atoms with van der Waals surface area (Å²) in [4.78, 5) is 4.36. The molecule has 0 atom stereocenters. The number of hydrogen-bond acceptors (Lipinski definition) is 3. The highest BCUT2D eigenvalue weighted by Crippen LogP contribution is 2.15. The fourth-order valence-corrected chi connectivity index (χ4v) is 2.09. The van der Waals surface area contributed by atoms with Crippen LogP contribution >= 0.6 is 0 Å². The number of nitrogens with two attached hydrogens (primary N) is 1. The minimum atomic E-state index is 0.472. The molecule has 0 saturated carbocycles. The van der Waals surface area contributed by atoms with Gasteiger partial charge in [0.15, 0.2) is 0 Å². The second-order valence-electron chi connectivity index (χ2n) is 4.40. The Morgan fingerprint density at radius 2 is 1.95 bits per heavy atom. The molecule has 2 rings (SSSR count). The second-order valence-corrected chi connectivity index (χ2v) is 4.40. The molecule has 0 radical (unpaired) electrons. The van der Waals surface area contributed by atoms with Gasteiger partial charge in [-0.25, -0.2) is 4.98 Å². The number of imidazole rings is 1. The average Bonchev–Trinajstić information content (AvgIpc) is 2.87. The van der Waals surface area contributed by atoms with E-state index in [0.717, 1.165) is 30.2 Å². The van der Waals surface area contributed by atoms with Crippen LogP contribution in [0.5, 0.6) is 5.75 Å². The van der Waals surface area contributed by atoms with Gasteiger partial charge in [-0.1, -0.05) is 19.1 Å². The lowest BCUT2D eigenvalue weighted by molar-refractivity contribution is 0.289. The van der Waals surface area contributed by atoms with Crippen molar-refractivity contribution in [2.24, 2.45) is 5.73 Å². The van der Waals surface area contributed by atoms with Gasteiger partial charge in [-0.2, -0.15) is 0 Å². The highest BCUT2D eigenvalue weighted by Gasteiger charge is 2.07. The van der Waals surface area contributed by atoms with Crippen molar-refractivity contribution >= 4 is 0 Å². The molecule has 4 nitrogen and oxygen atoms in total. The summed E-state index contributed by atoms with van der Waals surface area (Å²) in [6.07, 6.45) is 2.86. The largest absolute Gasteiger partial charge is 0.486 e. The van der Waals surface area contributed by atoms with Gasteiger partial charge in [-0.3, -0.25) is 0 Å². The lowest BCUT2D eigenvalue weighted by Crippen LogP contribution is -2.11. The van der Waals surface area contributed by atoms with Crippen LogP contribution < -0.4 is 10.5 Å². The fraction of sp³-hybridized carbons (Fsp3) is 0.400. The summed E-state index contributed by atoms with van der Waals surface area (Å²) in [5.41, 5.74) is 8.03. The summed E-state index contributed by atoms with van der Waals surface area (Å²) in [5.74, 6) is 1.79. The van der Waals surface area contributed by atoms with E-state index in [1.54, 1.807) is 0 Å². The molecule has 4 heteroatoms. The molecule has 1 aromatic carbocycles. The van der Waals surface area contributed by atoms with Crippen molar-refractivity contribution in [3.8, 4) is 5.75 Å². The van der Waals surface area contributed by atoms with Gasteiger partial charge in [0.1, 0.15) is 18.2 Å². The van der Waals surface area contributed by atoms with Crippen LogP contribution in [0.25, 0.3) is 0 Å². The first-order valence-electron chi connectivity index (χ1n) is 6.73. The first-order chi connectivity index (χ1) is 9.28. The lowest BCUT2D eigenvalue weighted by Gasteiger charge is -2.10. The van der Waals surface area contributed by atoms with Crippen molar-refractivity contribution in [1.82, 2.24) is 9.55 Å². The van der Waals surface area contributed by atoms with Gasteiger partial charge in [-0.05, 0) is 31.0 Å². The molecule has 19 heavy (non-hydrogen) atoms. The van der Waals surface area contributed by atoms with E-state index in [1.165, 1.54) is 5.56 Å². The summed E-state index contributed by atoms with van der Waals surface area (Å²) >= 11 is 0. The summed E-state index contributed by atoms with van der Waals surface area (Å²) in [6.45, 7) is 6.06. The van der Waals surface area contributed by atoms with Gasteiger partial charge in [0.25, 0.3) is 0 Å². The fourth-order valence-electron chi connectivity index (χ4n) is 2.09. The molecule has 0 amide bonds. The van der Waals surface area contributed by atoms with Crippen molar-refractivity contribution in [3.63, 3.8) is 0 Å². The summed E-state index contributed by atoms with van der Waals surface area (Å²) in [7, 11) is 0. The molecular weight excluding hydrogens is 238 g/mol. The first kappa shape index (κ1) is 13.6. The molecule has 0 bridgehead atoms. The third kappa shape index (κ3) is 3.15. The topological polar surface area (TPSA) is 53.1 Å². The van der Waals surface area contributed by atoms with Crippen LogP contribution in [0.15, 0.2) is 30.5 Å². The molecule has 0 spiro atoms. The minimum absolute atomic E-state index is 0.472. The molecule has 102 valence electrons. The lowest BCUT2D eigenvalue weighted by atomic mass is 10.2. The smallest absolute Gasteiger partial charge is 0.147 e. The number of benzene rings is 1. The average molecular weight is 259 g/mol.